The molecule has 6 nitrogen and oxygen atoms in total. The number of fused-ring (bicyclic) bond motifs is 15. The molecule has 0 aromatic heterocycles. The van der Waals surface area contributed by atoms with Crippen molar-refractivity contribution in [3.8, 4) is 33.4 Å². The van der Waals surface area contributed by atoms with Crippen molar-refractivity contribution in [2.24, 2.45) is 25.0 Å². The van der Waals surface area contributed by atoms with Gasteiger partial charge >= 0.3 is 0 Å². The first-order chi connectivity index (χ1) is 24.2. The molecular formula is C43H28N6. The fourth-order valence-electron chi connectivity index (χ4n) is 7.37. The van der Waals surface area contributed by atoms with Crippen LogP contribution in [0.2, 0.25) is 0 Å². The maximum Gasteiger partial charge on any atom is 0.163 e. The van der Waals surface area contributed by atoms with Gasteiger partial charge in [-0.05, 0) is 48.4 Å². The number of rotatable bonds is 0. The largest absolute Gasteiger partial charge is 0.300 e. The van der Waals surface area contributed by atoms with Crippen molar-refractivity contribution < 1.29 is 0 Å². The highest BCUT2D eigenvalue weighted by Gasteiger charge is 2.43. The molecule has 230 valence electrons. The molecule has 6 aromatic carbocycles. The van der Waals surface area contributed by atoms with Gasteiger partial charge in [-0.15, -0.1) is 0 Å². The fourth-order valence-corrected chi connectivity index (χ4v) is 7.37. The Hall–Kier alpha value is -6.53. The molecule has 6 heteroatoms. The van der Waals surface area contributed by atoms with Crippen molar-refractivity contribution in [3.63, 3.8) is 0 Å². The molecule has 1 atom stereocenters. The number of nitrogens with zero attached hydrogens (tertiary/aromatic N) is 6. The molecule has 0 spiro atoms. The Morgan fingerprint density at radius 3 is 1.08 bits per heavy atom. The van der Waals surface area contributed by atoms with E-state index in [1.807, 2.05) is 36.4 Å². The molecule has 0 aliphatic carbocycles. The number of hydrogen-bond acceptors (Lipinski definition) is 6. The molecule has 1 saturated heterocycles. The van der Waals surface area contributed by atoms with E-state index in [-0.39, 0.29) is 6.04 Å². The molecule has 0 bridgehead atoms. The lowest BCUT2D eigenvalue weighted by Crippen LogP contribution is -2.57. The van der Waals surface area contributed by atoms with E-state index in [2.05, 4.69) is 121 Å². The van der Waals surface area contributed by atoms with E-state index < -0.39 is 0 Å². The third-order valence-electron chi connectivity index (χ3n) is 9.67. The van der Waals surface area contributed by atoms with Crippen molar-refractivity contribution in [2.75, 3.05) is 0 Å². The van der Waals surface area contributed by atoms with Crippen LogP contribution in [0.15, 0.2) is 171 Å². The van der Waals surface area contributed by atoms with E-state index >= 15 is 0 Å². The average Bonchev–Trinajstić information content (AvgIpc) is 3.13. The van der Waals surface area contributed by atoms with Crippen LogP contribution < -0.4 is 0 Å². The van der Waals surface area contributed by atoms with E-state index in [9.17, 15) is 0 Å². The molecular weight excluding hydrogens is 601 g/mol. The minimum absolute atomic E-state index is 0.175. The maximum atomic E-state index is 5.50. The lowest BCUT2D eigenvalue weighted by molar-refractivity contribution is 0.493. The number of benzene rings is 6. The lowest BCUT2D eigenvalue weighted by atomic mass is 9.89. The second-order valence-corrected chi connectivity index (χ2v) is 12.5. The standard InChI is InChI=1S/C43H28N6/c1-26-27-14-2-3-15-28(27)29-16-4-12-24-37(29)47-42-40-39(44-34-21-9-5-17-30(34)31-18-6-10-22-35(31)45-40)41-43(49(26)42)48-38-25-13-8-20-33(38)32-19-7-11-23-36(32)46-41/h2-26H,1H3/b31-30?,33-32?,44-34?,44-39+,45-35?,45-40?,46-36?,46-41-,47-42-,48-38?,48-43+. The molecule has 4 aliphatic rings. The van der Waals surface area contributed by atoms with E-state index in [1.54, 1.807) is 0 Å². The van der Waals surface area contributed by atoms with Crippen molar-refractivity contribution in [2.45, 2.75) is 13.0 Å². The number of hydrogen-bond donors (Lipinski definition) is 0. The Kier molecular flexibility index (Phi) is 6.05. The van der Waals surface area contributed by atoms with Crippen molar-refractivity contribution in [1.29, 1.82) is 0 Å². The van der Waals surface area contributed by atoms with Crippen LogP contribution in [0, 0.1) is 0 Å². The molecule has 1 fully saturated rings. The highest BCUT2D eigenvalue weighted by atomic mass is 15.3. The summed E-state index contributed by atoms with van der Waals surface area (Å²) in [5.74, 6) is 1.37. The Bertz CT molecular complexity index is 2530. The van der Waals surface area contributed by atoms with Gasteiger partial charge in [-0.1, -0.05) is 115 Å². The van der Waals surface area contributed by atoms with Crippen LogP contribution >= 0.6 is 0 Å². The quantitative estimate of drug-likeness (QED) is 0.165. The van der Waals surface area contributed by atoms with Gasteiger partial charge in [-0.3, -0.25) is 4.90 Å². The SMILES string of the molecule is CC1c2ccccc2-c2ccccc2/N=C2/C3=Nc4ccccc4-c4ccccc4/N=C3/C3=N/c4ccccc4-c4ccccc4/N=C\3N21. The first kappa shape index (κ1) is 27.6. The molecule has 10 rings (SSSR count). The summed E-state index contributed by atoms with van der Waals surface area (Å²) in [6, 6.07) is 49.8. The van der Waals surface area contributed by atoms with E-state index in [4.69, 9.17) is 25.0 Å². The molecule has 1 unspecified atom stereocenters. The predicted octanol–water partition coefficient (Wildman–Crippen LogP) is 10.8. The average molecular weight is 629 g/mol. The minimum Gasteiger partial charge on any atom is -0.300 e. The summed E-state index contributed by atoms with van der Waals surface area (Å²) in [5.41, 5.74) is 13.7. The first-order valence-electron chi connectivity index (χ1n) is 16.5. The van der Waals surface area contributed by atoms with Crippen LogP contribution in [0.25, 0.3) is 33.4 Å². The fraction of sp³-hybridized carbons (Fsp3) is 0.0465. The Morgan fingerprint density at radius 2 is 0.653 bits per heavy atom. The number of piperidine rings is 1. The third kappa shape index (κ3) is 4.24. The molecule has 6 aromatic rings. The van der Waals surface area contributed by atoms with Crippen molar-refractivity contribution in [3.05, 3.63) is 151 Å². The Balaban J connectivity index is 1.37. The van der Waals surface area contributed by atoms with Crippen LogP contribution in [0.3, 0.4) is 0 Å². The van der Waals surface area contributed by atoms with E-state index in [0.717, 1.165) is 67.4 Å². The summed E-state index contributed by atoms with van der Waals surface area (Å²) < 4.78 is 0. The summed E-state index contributed by atoms with van der Waals surface area (Å²) >= 11 is 0. The highest BCUT2D eigenvalue weighted by molar-refractivity contribution is 6.95. The molecule has 0 saturated carbocycles. The van der Waals surface area contributed by atoms with Crippen LogP contribution in [-0.4, -0.2) is 33.7 Å². The molecule has 0 N–H and O–H groups in total. The second-order valence-electron chi connectivity index (χ2n) is 12.5. The smallest absolute Gasteiger partial charge is 0.163 e. The monoisotopic (exact) mass is 628 g/mol. The zero-order valence-corrected chi connectivity index (χ0v) is 26.6. The van der Waals surface area contributed by atoms with E-state index in [1.165, 1.54) is 0 Å². The summed E-state index contributed by atoms with van der Waals surface area (Å²) in [5, 5.41) is 0. The summed E-state index contributed by atoms with van der Waals surface area (Å²) in [6.07, 6.45) is 0. The van der Waals surface area contributed by atoms with Crippen LogP contribution in [0.4, 0.5) is 28.4 Å². The van der Waals surface area contributed by atoms with Gasteiger partial charge in [0.1, 0.15) is 17.1 Å². The van der Waals surface area contributed by atoms with Crippen molar-refractivity contribution >= 4 is 57.2 Å². The summed E-state index contributed by atoms with van der Waals surface area (Å²) in [7, 11) is 0. The number of para-hydroxylation sites is 5. The first-order valence-corrected chi connectivity index (χ1v) is 16.5. The maximum absolute atomic E-state index is 5.50. The molecule has 0 amide bonds. The van der Waals surface area contributed by atoms with Gasteiger partial charge in [-0.25, -0.2) is 25.0 Å². The van der Waals surface area contributed by atoms with Gasteiger partial charge in [0, 0.05) is 27.8 Å². The molecule has 4 heterocycles. The topological polar surface area (TPSA) is 65.0 Å². The number of amidine groups is 2. The zero-order chi connectivity index (χ0) is 32.5. The number of aliphatic imine (C=N–C) groups is 5. The predicted molar refractivity (Wildman–Crippen MR) is 201 cm³/mol. The van der Waals surface area contributed by atoms with Gasteiger partial charge in [-0.2, -0.15) is 0 Å². The molecule has 49 heavy (non-hydrogen) atoms. The van der Waals surface area contributed by atoms with Crippen LogP contribution in [0.1, 0.15) is 18.5 Å². The molecule has 0 radical (unpaired) electrons. The minimum atomic E-state index is -0.175. The third-order valence-corrected chi connectivity index (χ3v) is 9.67. The van der Waals surface area contributed by atoms with Gasteiger partial charge < -0.3 is 0 Å². The Labute approximate surface area is 283 Å². The van der Waals surface area contributed by atoms with Crippen molar-refractivity contribution in [1.82, 2.24) is 4.90 Å². The van der Waals surface area contributed by atoms with E-state index in [0.29, 0.717) is 28.8 Å². The highest BCUT2D eigenvalue weighted by Crippen LogP contribution is 2.45. The van der Waals surface area contributed by atoms with Crippen LogP contribution in [0.5, 0.6) is 0 Å². The van der Waals surface area contributed by atoms with Gasteiger partial charge in [0.25, 0.3) is 0 Å². The summed E-state index contributed by atoms with van der Waals surface area (Å²) in [4.78, 5) is 29.6. The summed E-state index contributed by atoms with van der Waals surface area (Å²) in [6.45, 7) is 2.22. The van der Waals surface area contributed by atoms with Gasteiger partial charge in [0.2, 0.25) is 0 Å². The van der Waals surface area contributed by atoms with Crippen LogP contribution in [-0.2, 0) is 0 Å². The Morgan fingerprint density at radius 1 is 0.347 bits per heavy atom. The lowest BCUT2D eigenvalue weighted by Gasteiger charge is -2.40. The zero-order valence-electron chi connectivity index (χ0n) is 26.6. The normalized spacial score (nSPS) is 20.9. The second kappa shape index (κ2) is 10.8. The van der Waals surface area contributed by atoms with Gasteiger partial charge in [0.05, 0.1) is 34.5 Å². The molecule has 4 aliphatic heterocycles. The van der Waals surface area contributed by atoms with Gasteiger partial charge in [0.15, 0.2) is 11.7 Å².